The van der Waals surface area contributed by atoms with Crippen LogP contribution in [0.3, 0.4) is 0 Å². The van der Waals surface area contributed by atoms with Crippen molar-refractivity contribution in [1.82, 2.24) is 25.2 Å². The van der Waals surface area contributed by atoms with E-state index in [0.717, 1.165) is 49.9 Å². The van der Waals surface area contributed by atoms with Crippen molar-refractivity contribution in [2.45, 2.75) is 38.3 Å². The first-order valence-corrected chi connectivity index (χ1v) is 8.63. The number of para-hydroxylation sites is 1. The van der Waals surface area contributed by atoms with Crippen molar-refractivity contribution in [3.8, 4) is 0 Å². The highest BCUT2D eigenvalue weighted by Gasteiger charge is 2.19. The van der Waals surface area contributed by atoms with E-state index >= 15 is 0 Å². The van der Waals surface area contributed by atoms with Gasteiger partial charge in [-0.05, 0) is 44.9 Å². The summed E-state index contributed by atoms with van der Waals surface area (Å²) in [6.07, 6.45) is 2.47. The monoisotopic (exact) mass is 331 g/mol. The highest BCUT2D eigenvalue weighted by Crippen LogP contribution is 2.15. The van der Waals surface area contributed by atoms with Crippen LogP contribution in [0.5, 0.6) is 0 Å². The van der Waals surface area contributed by atoms with Crippen molar-refractivity contribution < 1.29 is 9.90 Å². The number of hydrogen-bond acceptors (Lipinski definition) is 5. The topological polar surface area (TPSA) is 83.3 Å². The Morgan fingerprint density at radius 3 is 2.92 bits per heavy atom. The molecule has 0 aliphatic carbocycles. The van der Waals surface area contributed by atoms with Crippen LogP contribution in [0, 0.1) is 0 Å². The Kier molecular flexibility index (Phi) is 5.42. The van der Waals surface area contributed by atoms with Crippen LogP contribution in [0.2, 0.25) is 0 Å². The standard InChI is InChI=1S/C17H25N5O2/c1-13(22-16-6-3-2-5-15(16)19-20-22)17(24)18-9-4-10-21-11-7-14(23)8-12-21/h2-3,5-6,13-14,23H,4,7-12H2,1H3,(H,18,24). The van der Waals surface area contributed by atoms with E-state index in [1.165, 1.54) is 0 Å². The minimum Gasteiger partial charge on any atom is -0.393 e. The molecule has 0 saturated carbocycles. The van der Waals surface area contributed by atoms with E-state index in [1.807, 2.05) is 31.2 Å². The zero-order chi connectivity index (χ0) is 16.9. The average Bonchev–Trinajstić information content (AvgIpc) is 3.03. The van der Waals surface area contributed by atoms with E-state index in [4.69, 9.17) is 0 Å². The summed E-state index contributed by atoms with van der Waals surface area (Å²) in [5.41, 5.74) is 1.66. The Hall–Kier alpha value is -1.99. The van der Waals surface area contributed by atoms with Crippen LogP contribution in [0.4, 0.5) is 0 Å². The fraction of sp³-hybridized carbons (Fsp3) is 0.588. The zero-order valence-electron chi connectivity index (χ0n) is 14.1. The number of carbonyl (C=O) groups is 1. The van der Waals surface area contributed by atoms with Crippen LogP contribution < -0.4 is 5.32 Å². The second kappa shape index (κ2) is 7.72. The molecule has 1 aromatic carbocycles. The second-order valence-electron chi connectivity index (χ2n) is 6.42. The van der Waals surface area contributed by atoms with Crippen LogP contribution in [-0.4, -0.2) is 63.2 Å². The number of rotatable bonds is 6. The van der Waals surface area contributed by atoms with Crippen molar-refractivity contribution in [2.24, 2.45) is 0 Å². The lowest BCUT2D eigenvalue weighted by molar-refractivity contribution is -0.124. The summed E-state index contributed by atoms with van der Waals surface area (Å²) in [6, 6.07) is 7.25. The zero-order valence-corrected chi connectivity index (χ0v) is 14.1. The Bertz CT molecular complexity index is 678. The number of nitrogens with zero attached hydrogens (tertiary/aromatic N) is 4. The Balaban J connectivity index is 1.45. The summed E-state index contributed by atoms with van der Waals surface area (Å²) in [4.78, 5) is 14.7. The van der Waals surface area contributed by atoms with Crippen molar-refractivity contribution in [3.63, 3.8) is 0 Å². The summed E-state index contributed by atoms with van der Waals surface area (Å²) >= 11 is 0. The number of piperidine rings is 1. The summed E-state index contributed by atoms with van der Waals surface area (Å²) in [5.74, 6) is -0.0419. The van der Waals surface area contributed by atoms with Crippen LogP contribution in [0.1, 0.15) is 32.2 Å². The van der Waals surface area contributed by atoms with Gasteiger partial charge in [0.2, 0.25) is 5.91 Å². The largest absolute Gasteiger partial charge is 0.393 e. The smallest absolute Gasteiger partial charge is 0.244 e. The van der Waals surface area contributed by atoms with Gasteiger partial charge in [0.15, 0.2) is 0 Å². The predicted octanol–water partition coefficient (Wildman–Crippen LogP) is 0.955. The lowest BCUT2D eigenvalue weighted by Gasteiger charge is -2.29. The van der Waals surface area contributed by atoms with Crippen molar-refractivity contribution >= 4 is 16.9 Å². The lowest BCUT2D eigenvalue weighted by atomic mass is 10.1. The summed E-state index contributed by atoms with van der Waals surface area (Å²) in [6.45, 7) is 5.32. The highest BCUT2D eigenvalue weighted by molar-refractivity contribution is 5.82. The molecule has 130 valence electrons. The number of carbonyl (C=O) groups excluding carboxylic acids is 1. The number of hydrogen-bond donors (Lipinski definition) is 2. The van der Waals surface area contributed by atoms with Gasteiger partial charge in [0.1, 0.15) is 11.6 Å². The number of nitrogens with one attached hydrogen (secondary N) is 1. The molecule has 1 aromatic heterocycles. The van der Waals surface area contributed by atoms with Gasteiger partial charge in [0.25, 0.3) is 0 Å². The normalized spacial score (nSPS) is 17.9. The van der Waals surface area contributed by atoms with Crippen LogP contribution in [-0.2, 0) is 4.79 Å². The number of fused-ring (bicyclic) bond motifs is 1. The van der Waals surface area contributed by atoms with E-state index in [-0.39, 0.29) is 18.1 Å². The Labute approximate surface area is 141 Å². The van der Waals surface area contributed by atoms with Gasteiger partial charge in [0, 0.05) is 19.6 Å². The molecule has 0 spiro atoms. The quantitative estimate of drug-likeness (QED) is 0.770. The van der Waals surface area contributed by atoms with E-state index in [1.54, 1.807) is 4.68 Å². The Morgan fingerprint density at radius 1 is 1.38 bits per heavy atom. The average molecular weight is 331 g/mol. The van der Waals surface area contributed by atoms with Gasteiger partial charge < -0.3 is 15.3 Å². The maximum atomic E-state index is 12.3. The first-order chi connectivity index (χ1) is 11.6. The van der Waals surface area contributed by atoms with E-state index < -0.39 is 0 Å². The van der Waals surface area contributed by atoms with E-state index in [0.29, 0.717) is 6.54 Å². The van der Waals surface area contributed by atoms with Gasteiger partial charge in [-0.1, -0.05) is 17.3 Å². The Morgan fingerprint density at radius 2 is 2.12 bits per heavy atom. The van der Waals surface area contributed by atoms with Gasteiger partial charge >= 0.3 is 0 Å². The third-order valence-corrected chi connectivity index (χ3v) is 4.63. The van der Waals surface area contributed by atoms with Crippen molar-refractivity contribution in [3.05, 3.63) is 24.3 Å². The van der Waals surface area contributed by atoms with Gasteiger partial charge in [0.05, 0.1) is 11.6 Å². The number of amides is 1. The van der Waals surface area contributed by atoms with Gasteiger partial charge in [-0.15, -0.1) is 5.10 Å². The molecule has 1 fully saturated rings. The van der Waals surface area contributed by atoms with Crippen molar-refractivity contribution in [2.75, 3.05) is 26.2 Å². The van der Waals surface area contributed by atoms with E-state index in [2.05, 4.69) is 20.5 Å². The van der Waals surface area contributed by atoms with Crippen LogP contribution in [0.25, 0.3) is 11.0 Å². The van der Waals surface area contributed by atoms with Gasteiger partial charge in [-0.25, -0.2) is 4.68 Å². The number of benzene rings is 1. The maximum absolute atomic E-state index is 12.3. The molecule has 3 rings (SSSR count). The third kappa shape index (κ3) is 3.91. The minimum absolute atomic E-state index is 0.0419. The molecule has 2 heterocycles. The highest BCUT2D eigenvalue weighted by atomic mass is 16.3. The molecule has 1 unspecified atom stereocenters. The molecule has 24 heavy (non-hydrogen) atoms. The molecule has 1 atom stereocenters. The molecule has 2 aromatic rings. The minimum atomic E-state index is -0.387. The molecule has 7 nitrogen and oxygen atoms in total. The van der Waals surface area contributed by atoms with Gasteiger partial charge in [-0.2, -0.15) is 0 Å². The number of likely N-dealkylation sites (tertiary alicyclic amines) is 1. The summed E-state index contributed by atoms with van der Waals surface area (Å²) in [5, 5.41) is 20.7. The lowest BCUT2D eigenvalue weighted by Crippen LogP contribution is -2.38. The van der Waals surface area contributed by atoms with E-state index in [9.17, 15) is 9.90 Å². The fourth-order valence-corrected chi connectivity index (χ4v) is 3.09. The van der Waals surface area contributed by atoms with Crippen LogP contribution in [0.15, 0.2) is 24.3 Å². The first kappa shape index (κ1) is 16.9. The number of aliphatic hydroxyl groups is 1. The molecule has 1 aliphatic rings. The SMILES string of the molecule is CC(C(=O)NCCCN1CCC(O)CC1)n1nnc2ccccc21. The molecule has 1 saturated heterocycles. The number of aliphatic hydroxyl groups excluding tert-OH is 1. The number of aromatic nitrogens is 3. The molecule has 1 aliphatic heterocycles. The molecule has 1 amide bonds. The molecule has 2 N–H and O–H groups in total. The molecule has 7 heteroatoms. The maximum Gasteiger partial charge on any atom is 0.244 e. The molecular formula is C17H25N5O2. The molecule has 0 radical (unpaired) electrons. The first-order valence-electron chi connectivity index (χ1n) is 8.63. The summed E-state index contributed by atoms with van der Waals surface area (Å²) in [7, 11) is 0. The summed E-state index contributed by atoms with van der Waals surface area (Å²) < 4.78 is 1.66. The third-order valence-electron chi connectivity index (χ3n) is 4.63. The van der Waals surface area contributed by atoms with Gasteiger partial charge in [-0.3, -0.25) is 4.79 Å². The second-order valence-corrected chi connectivity index (χ2v) is 6.42. The fourth-order valence-electron chi connectivity index (χ4n) is 3.09. The molecular weight excluding hydrogens is 306 g/mol. The molecule has 0 bridgehead atoms. The van der Waals surface area contributed by atoms with Crippen LogP contribution >= 0.6 is 0 Å². The van der Waals surface area contributed by atoms with Crippen molar-refractivity contribution in [1.29, 1.82) is 0 Å². The predicted molar refractivity (Wildman–Crippen MR) is 91.5 cm³/mol.